The second-order valence-corrected chi connectivity index (χ2v) is 9.97. The van der Waals surface area contributed by atoms with Gasteiger partial charge in [-0.1, -0.05) is 36.4 Å². The third-order valence-corrected chi connectivity index (χ3v) is 7.82. The summed E-state index contributed by atoms with van der Waals surface area (Å²) in [5.41, 5.74) is 0.795. The fourth-order valence-electron chi connectivity index (χ4n) is 3.32. The molecule has 1 fully saturated rings. The van der Waals surface area contributed by atoms with Crippen LogP contribution in [0.1, 0.15) is 17.4 Å². The van der Waals surface area contributed by atoms with Crippen LogP contribution in [0.3, 0.4) is 0 Å². The maximum absolute atomic E-state index is 12.6. The maximum Gasteiger partial charge on any atom is 0.237 e. The molecule has 0 unspecified atom stereocenters. The van der Waals surface area contributed by atoms with Gasteiger partial charge >= 0.3 is 0 Å². The Kier molecular flexibility index (Phi) is 7.23. The highest BCUT2D eigenvalue weighted by Gasteiger charge is 2.30. The molecule has 0 saturated carbocycles. The second kappa shape index (κ2) is 9.65. The van der Waals surface area contributed by atoms with Gasteiger partial charge in [-0.2, -0.15) is 4.31 Å². The Hall–Kier alpha value is -1.74. The topological polar surface area (TPSA) is 69.7 Å². The Morgan fingerprint density at radius 1 is 1.11 bits per heavy atom. The van der Waals surface area contributed by atoms with Gasteiger partial charge in [-0.15, -0.1) is 11.3 Å². The van der Waals surface area contributed by atoms with Crippen molar-refractivity contribution in [2.24, 2.45) is 0 Å². The van der Waals surface area contributed by atoms with Crippen molar-refractivity contribution in [3.8, 4) is 0 Å². The van der Waals surface area contributed by atoms with Crippen LogP contribution in [0.2, 0.25) is 0 Å². The maximum atomic E-state index is 12.6. The average molecular weight is 422 g/mol. The van der Waals surface area contributed by atoms with E-state index in [9.17, 15) is 13.2 Å². The van der Waals surface area contributed by atoms with Crippen molar-refractivity contribution in [1.82, 2.24) is 14.5 Å². The van der Waals surface area contributed by atoms with Crippen LogP contribution in [0.5, 0.6) is 0 Å². The number of carbonyl (C=O) groups excluding carboxylic acids is 1. The lowest BCUT2D eigenvalue weighted by atomic mass is 10.2. The van der Waals surface area contributed by atoms with E-state index in [2.05, 4.69) is 16.3 Å². The molecule has 1 aromatic heterocycles. The van der Waals surface area contributed by atoms with Crippen molar-refractivity contribution in [1.29, 1.82) is 0 Å². The van der Waals surface area contributed by atoms with Crippen LogP contribution in [-0.2, 0) is 27.0 Å². The summed E-state index contributed by atoms with van der Waals surface area (Å²) >= 11 is 1.69. The van der Waals surface area contributed by atoms with Crippen LogP contribution >= 0.6 is 11.3 Å². The van der Waals surface area contributed by atoms with E-state index in [1.807, 2.05) is 48.7 Å². The van der Waals surface area contributed by atoms with Crippen molar-refractivity contribution in [2.75, 3.05) is 32.7 Å². The van der Waals surface area contributed by atoms with Crippen molar-refractivity contribution in [3.05, 3.63) is 58.3 Å². The van der Waals surface area contributed by atoms with Crippen molar-refractivity contribution in [2.45, 2.75) is 25.1 Å². The summed E-state index contributed by atoms with van der Waals surface area (Å²) in [6.07, 6.45) is 0.835. The van der Waals surface area contributed by atoms with Crippen LogP contribution in [0, 0.1) is 0 Å². The number of amides is 1. The summed E-state index contributed by atoms with van der Waals surface area (Å²) in [6, 6.07) is 13.0. The monoisotopic (exact) mass is 421 g/mol. The molecule has 0 radical (unpaired) electrons. The zero-order chi connectivity index (χ0) is 20.0. The van der Waals surface area contributed by atoms with Gasteiger partial charge in [-0.25, -0.2) is 8.42 Å². The molecule has 2 heterocycles. The minimum atomic E-state index is -3.34. The van der Waals surface area contributed by atoms with Crippen LogP contribution in [0.4, 0.5) is 0 Å². The van der Waals surface area contributed by atoms with E-state index in [0.717, 1.165) is 12.0 Å². The quantitative estimate of drug-likeness (QED) is 0.707. The van der Waals surface area contributed by atoms with E-state index in [-0.39, 0.29) is 17.7 Å². The third-order valence-electron chi connectivity index (χ3n) is 5.04. The summed E-state index contributed by atoms with van der Waals surface area (Å²) in [6.45, 7) is 4.47. The number of rotatable bonds is 8. The van der Waals surface area contributed by atoms with Gasteiger partial charge in [0.2, 0.25) is 15.9 Å². The Morgan fingerprint density at radius 2 is 1.82 bits per heavy atom. The predicted molar refractivity (Wildman–Crippen MR) is 113 cm³/mol. The Morgan fingerprint density at radius 3 is 2.46 bits per heavy atom. The Labute approximate surface area is 171 Å². The fraction of sp³-hybridized carbons (Fsp3) is 0.450. The first kappa shape index (κ1) is 21.0. The van der Waals surface area contributed by atoms with E-state index in [1.165, 1.54) is 9.18 Å². The number of hydrogen-bond acceptors (Lipinski definition) is 5. The van der Waals surface area contributed by atoms with E-state index >= 15 is 0 Å². The molecule has 0 spiro atoms. The van der Waals surface area contributed by atoms with Crippen LogP contribution in [-0.4, -0.2) is 62.3 Å². The zero-order valence-electron chi connectivity index (χ0n) is 16.1. The molecule has 0 aliphatic carbocycles. The molecule has 6 nitrogen and oxygen atoms in total. The molecule has 1 aliphatic rings. The number of carbonyl (C=O) groups is 1. The third kappa shape index (κ3) is 5.64. The minimum absolute atomic E-state index is 0.00264. The number of nitrogens with one attached hydrogen (secondary N) is 1. The molecule has 0 bridgehead atoms. The minimum Gasteiger partial charge on any atom is -0.354 e. The first-order valence-electron chi connectivity index (χ1n) is 9.51. The molecule has 1 saturated heterocycles. The molecule has 28 heavy (non-hydrogen) atoms. The first-order valence-corrected chi connectivity index (χ1v) is 12.0. The summed E-state index contributed by atoms with van der Waals surface area (Å²) in [5.74, 6) is 0.0178. The standard InChI is InChI=1S/C20H27N3O3S2/c1-17(20(24)21-10-9-19-8-5-15-27-19)22-11-13-23(14-12-22)28(25,26)16-18-6-3-2-4-7-18/h2-8,15,17H,9-14,16H2,1H3,(H,21,24)/t17-/m0/s1. The molecule has 1 atom stereocenters. The molecule has 8 heteroatoms. The molecule has 152 valence electrons. The van der Waals surface area contributed by atoms with E-state index in [4.69, 9.17) is 0 Å². The summed E-state index contributed by atoms with van der Waals surface area (Å²) < 4.78 is 26.8. The first-order chi connectivity index (χ1) is 13.5. The molecule has 1 N–H and O–H groups in total. The van der Waals surface area contributed by atoms with E-state index < -0.39 is 10.0 Å². The van der Waals surface area contributed by atoms with Gasteiger partial charge in [-0.3, -0.25) is 9.69 Å². The van der Waals surface area contributed by atoms with E-state index in [1.54, 1.807) is 11.3 Å². The molecule has 1 aromatic carbocycles. The number of sulfonamides is 1. The SMILES string of the molecule is C[C@@H](C(=O)NCCc1cccs1)N1CCN(S(=O)(=O)Cc2ccccc2)CC1. The molecule has 3 rings (SSSR count). The number of nitrogens with zero attached hydrogens (tertiary/aromatic N) is 2. The van der Waals surface area contributed by atoms with Crippen LogP contribution in [0.15, 0.2) is 47.8 Å². The number of hydrogen-bond donors (Lipinski definition) is 1. The predicted octanol–water partition coefficient (Wildman–Crippen LogP) is 1.94. The van der Waals surface area contributed by atoms with Gasteiger partial charge in [-0.05, 0) is 30.4 Å². The number of benzene rings is 1. The van der Waals surface area contributed by atoms with Crippen LogP contribution < -0.4 is 5.32 Å². The largest absolute Gasteiger partial charge is 0.354 e. The average Bonchev–Trinajstić information content (AvgIpc) is 3.21. The van der Waals surface area contributed by atoms with Crippen molar-refractivity contribution >= 4 is 27.3 Å². The number of piperazine rings is 1. The van der Waals surface area contributed by atoms with Crippen LogP contribution in [0.25, 0.3) is 0 Å². The van der Waals surface area contributed by atoms with Gasteiger partial charge in [0.25, 0.3) is 0 Å². The number of thiophene rings is 1. The summed E-state index contributed by atoms with van der Waals surface area (Å²) in [4.78, 5) is 15.7. The van der Waals surface area contributed by atoms with Gasteiger partial charge in [0.05, 0.1) is 11.8 Å². The lowest BCUT2D eigenvalue weighted by Gasteiger charge is -2.36. The molecule has 2 aromatic rings. The van der Waals surface area contributed by atoms with E-state index in [0.29, 0.717) is 32.7 Å². The summed E-state index contributed by atoms with van der Waals surface area (Å²) in [5, 5.41) is 5.02. The normalized spacial score (nSPS) is 17.3. The van der Waals surface area contributed by atoms with Gasteiger partial charge in [0, 0.05) is 37.6 Å². The lowest BCUT2D eigenvalue weighted by molar-refractivity contribution is -0.126. The lowest BCUT2D eigenvalue weighted by Crippen LogP contribution is -2.55. The highest BCUT2D eigenvalue weighted by atomic mass is 32.2. The fourth-order valence-corrected chi connectivity index (χ4v) is 5.55. The zero-order valence-corrected chi connectivity index (χ0v) is 17.7. The Balaban J connectivity index is 1.45. The molecular weight excluding hydrogens is 394 g/mol. The molecular formula is C20H27N3O3S2. The van der Waals surface area contributed by atoms with Gasteiger partial charge in [0.15, 0.2) is 0 Å². The van der Waals surface area contributed by atoms with Crippen molar-refractivity contribution in [3.63, 3.8) is 0 Å². The highest BCUT2D eigenvalue weighted by Crippen LogP contribution is 2.15. The van der Waals surface area contributed by atoms with Crippen molar-refractivity contribution < 1.29 is 13.2 Å². The molecule has 1 amide bonds. The Bertz CT molecular complexity index is 846. The molecule has 1 aliphatic heterocycles. The summed E-state index contributed by atoms with van der Waals surface area (Å²) in [7, 11) is -3.34. The smallest absolute Gasteiger partial charge is 0.237 e. The van der Waals surface area contributed by atoms with Gasteiger partial charge < -0.3 is 5.32 Å². The van der Waals surface area contributed by atoms with Gasteiger partial charge in [0.1, 0.15) is 0 Å². The highest BCUT2D eigenvalue weighted by molar-refractivity contribution is 7.88. The second-order valence-electron chi connectivity index (χ2n) is 6.97.